The molecule has 23 heavy (non-hydrogen) atoms. The van der Waals surface area contributed by atoms with Crippen LogP contribution in [0.2, 0.25) is 0 Å². The predicted molar refractivity (Wildman–Crippen MR) is 84.4 cm³/mol. The average molecular weight is 336 g/mol. The van der Waals surface area contributed by atoms with Crippen LogP contribution in [-0.2, 0) is 5.54 Å². The second-order valence-electron chi connectivity index (χ2n) is 5.60. The van der Waals surface area contributed by atoms with Crippen LogP contribution in [0.1, 0.15) is 25.1 Å². The first kappa shape index (κ1) is 15.7. The van der Waals surface area contributed by atoms with Gasteiger partial charge < -0.3 is 14.7 Å². The maximum atomic E-state index is 13.0. The number of nitrogens with two attached hydrogens (primary N) is 1. The summed E-state index contributed by atoms with van der Waals surface area (Å²) < 4.78 is 23.9. The van der Waals surface area contributed by atoms with E-state index in [0.29, 0.717) is 23.2 Å². The molecule has 0 amide bonds. The molecule has 1 fully saturated rings. The van der Waals surface area contributed by atoms with E-state index in [1.165, 1.54) is 12.1 Å². The number of benzene rings is 1. The SMILES string of the molecule is Cl.NC1(c2noc(-c3ccc(-c4ccc(F)cc4)o3)n2)CCC1. The van der Waals surface area contributed by atoms with Crippen LogP contribution < -0.4 is 5.73 Å². The van der Waals surface area contributed by atoms with Crippen LogP contribution in [0.5, 0.6) is 0 Å². The van der Waals surface area contributed by atoms with Crippen LogP contribution in [-0.4, -0.2) is 10.1 Å². The molecule has 0 bridgehead atoms. The van der Waals surface area contributed by atoms with Crippen molar-refractivity contribution < 1.29 is 13.3 Å². The standard InChI is InChI=1S/C16H14FN3O2.ClH/c17-11-4-2-10(3-5-11)12-6-7-13(21-12)14-19-15(20-22-14)16(18)8-1-9-16;/h2-7H,1,8-9,18H2;1H. The van der Waals surface area contributed by atoms with E-state index in [-0.39, 0.29) is 18.2 Å². The summed E-state index contributed by atoms with van der Waals surface area (Å²) in [5.41, 5.74) is 6.49. The van der Waals surface area contributed by atoms with Crippen molar-refractivity contribution in [3.63, 3.8) is 0 Å². The van der Waals surface area contributed by atoms with Crippen molar-refractivity contribution in [2.24, 2.45) is 5.73 Å². The largest absolute Gasteiger partial charge is 0.451 e. The molecule has 5 nitrogen and oxygen atoms in total. The molecule has 0 atom stereocenters. The molecule has 2 heterocycles. The molecule has 2 aromatic heterocycles. The molecule has 0 radical (unpaired) electrons. The third-order valence-corrected chi connectivity index (χ3v) is 4.06. The minimum atomic E-state index is -0.464. The van der Waals surface area contributed by atoms with Crippen LogP contribution >= 0.6 is 12.4 Å². The molecule has 2 N–H and O–H groups in total. The molecule has 0 spiro atoms. The van der Waals surface area contributed by atoms with Gasteiger partial charge in [0.1, 0.15) is 11.6 Å². The Morgan fingerprint density at radius 1 is 1.04 bits per heavy atom. The minimum Gasteiger partial charge on any atom is -0.451 e. The maximum absolute atomic E-state index is 13.0. The van der Waals surface area contributed by atoms with E-state index < -0.39 is 5.54 Å². The molecule has 0 saturated heterocycles. The molecule has 4 rings (SSSR count). The first-order valence-corrected chi connectivity index (χ1v) is 7.13. The summed E-state index contributed by atoms with van der Waals surface area (Å²) in [5, 5.41) is 3.96. The van der Waals surface area contributed by atoms with Gasteiger partial charge in [-0.1, -0.05) is 5.16 Å². The van der Waals surface area contributed by atoms with E-state index in [9.17, 15) is 4.39 Å². The van der Waals surface area contributed by atoms with Crippen molar-refractivity contribution in [1.29, 1.82) is 0 Å². The third-order valence-electron chi connectivity index (χ3n) is 4.06. The van der Waals surface area contributed by atoms with E-state index >= 15 is 0 Å². The quantitative estimate of drug-likeness (QED) is 0.785. The van der Waals surface area contributed by atoms with Crippen molar-refractivity contribution >= 4 is 12.4 Å². The second kappa shape index (κ2) is 5.79. The zero-order valence-corrected chi connectivity index (χ0v) is 13.0. The van der Waals surface area contributed by atoms with Crippen LogP contribution in [0.3, 0.4) is 0 Å². The highest BCUT2D eigenvalue weighted by Crippen LogP contribution is 2.38. The van der Waals surface area contributed by atoms with Gasteiger partial charge in [0.2, 0.25) is 0 Å². The average Bonchev–Trinajstić information content (AvgIpc) is 3.14. The molecule has 0 aliphatic heterocycles. The number of nitrogens with zero attached hydrogens (tertiary/aromatic N) is 2. The molecule has 1 saturated carbocycles. The minimum absolute atomic E-state index is 0. The van der Waals surface area contributed by atoms with Crippen molar-refractivity contribution in [2.75, 3.05) is 0 Å². The smallest absolute Gasteiger partial charge is 0.293 e. The highest BCUT2D eigenvalue weighted by molar-refractivity contribution is 5.85. The Morgan fingerprint density at radius 3 is 2.39 bits per heavy atom. The molecule has 1 aromatic carbocycles. The lowest BCUT2D eigenvalue weighted by Crippen LogP contribution is -2.44. The number of hydrogen-bond acceptors (Lipinski definition) is 5. The van der Waals surface area contributed by atoms with Gasteiger partial charge in [0.05, 0.1) is 5.54 Å². The van der Waals surface area contributed by atoms with Gasteiger partial charge >= 0.3 is 0 Å². The van der Waals surface area contributed by atoms with Gasteiger partial charge in [-0.25, -0.2) is 4.39 Å². The van der Waals surface area contributed by atoms with Gasteiger partial charge in [0, 0.05) is 5.56 Å². The Morgan fingerprint density at radius 2 is 1.74 bits per heavy atom. The van der Waals surface area contributed by atoms with Crippen molar-refractivity contribution in [3.05, 3.63) is 48.0 Å². The molecular weight excluding hydrogens is 321 g/mol. The van der Waals surface area contributed by atoms with E-state index in [4.69, 9.17) is 14.7 Å². The van der Waals surface area contributed by atoms with Gasteiger partial charge in [0.15, 0.2) is 11.6 Å². The fourth-order valence-electron chi connectivity index (χ4n) is 2.53. The van der Waals surface area contributed by atoms with Gasteiger partial charge in [-0.3, -0.25) is 0 Å². The highest BCUT2D eigenvalue weighted by atomic mass is 35.5. The van der Waals surface area contributed by atoms with Crippen molar-refractivity contribution in [1.82, 2.24) is 10.1 Å². The summed E-state index contributed by atoms with van der Waals surface area (Å²) in [4.78, 5) is 4.34. The lowest BCUT2D eigenvalue weighted by Gasteiger charge is -2.34. The molecule has 1 aliphatic carbocycles. The van der Waals surface area contributed by atoms with Gasteiger partial charge in [0.25, 0.3) is 5.89 Å². The van der Waals surface area contributed by atoms with Crippen LogP contribution in [0, 0.1) is 5.82 Å². The molecule has 7 heteroatoms. The number of halogens is 2. The summed E-state index contributed by atoms with van der Waals surface area (Å²) in [6.45, 7) is 0. The number of furan rings is 1. The van der Waals surface area contributed by atoms with Gasteiger partial charge in [-0.15, -0.1) is 12.4 Å². The Labute approximate surface area is 138 Å². The summed E-state index contributed by atoms with van der Waals surface area (Å²) in [5.74, 6) is 1.63. The zero-order chi connectivity index (χ0) is 15.2. The lowest BCUT2D eigenvalue weighted by atomic mass is 9.77. The van der Waals surface area contributed by atoms with E-state index in [1.807, 2.05) is 0 Å². The lowest BCUT2D eigenvalue weighted by molar-refractivity contribution is 0.229. The molecular formula is C16H15ClFN3O2. The second-order valence-corrected chi connectivity index (χ2v) is 5.60. The highest BCUT2D eigenvalue weighted by Gasteiger charge is 2.39. The molecule has 120 valence electrons. The fourth-order valence-corrected chi connectivity index (χ4v) is 2.53. The summed E-state index contributed by atoms with van der Waals surface area (Å²) in [6.07, 6.45) is 2.81. The maximum Gasteiger partial charge on any atom is 0.293 e. The van der Waals surface area contributed by atoms with Gasteiger partial charge in [-0.05, 0) is 55.7 Å². The van der Waals surface area contributed by atoms with Crippen molar-refractivity contribution in [2.45, 2.75) is 24.8 Å². The Hall–Kier alpha value is -2.18. The first-order valence-electron chi connectivity index (χ1n) is 7.13. The number of rotatable bonds is 3. The van der Waals surface area contributed by atoms with E-state index in [1.54, 1.807) is 24.3 Å². The first-order chi connectivity index (χ1) is 10.6. The van der Waals surface area contributed by atoms with E-state index in [2.05, 4.69) is 10.1 Å². The summed E-state index contributed by atoms with van der Waals surface area (Å²) >= 11 is 0. The Balaban J connectivity index is 0.00000156. The molecule has 0 unspecified atom stereocenters. The predicted octanol–water partition coefficient (Wildman–Crippen LogP) is 3.90. The van der Waals surface area contributed by atoms with Crippen molar-refractivity contribution in [3.8, 4) is 23.0 Å². The van der Waals surface area contributed by atoms with Gasteiger partial charge in [-0.2, -0.15) is 4.98 Å². The molecule has 1 aliphatic rings. The fraction of sp³-hybridized carbons (Fsp3) is 0.250. The van der Waals surface area contributed by atoms with E-state index in [0.717, 1.165) is 24.8 Å². The number of hydrogen-bond donors (Lipinski definition) is 1. The molecule has 3 aromatic rings. The zero-order valence-electron chi connectivity index (χ0n) is 12.2. The topological polar surface area (TPSA) is 78.1 Å². The van der Waals surface area contributed by atoms with Crippen LogP contribution in [0.25, 0.3) is 23.0 Å². The summed E-state index contributed by atoms with van der Waals surface area (Å²) in [6, 6.07) is 9.61. The monoisotopic (exact) mass is 335 g/mol. The van der Waals surface area contributed by atoms with Crippen LogP contribution in [0.4, 0.5) is 4.39 Å². The normalized spacial score (nSPS) is 15.7. The Bertz CT molecular complexity index is 809. The number of aromatic nitrogens is 2. The third kappa shape index (κ3) is 2.75. The Kier molecular flexibility index (Phi) is 3.95. The summed E-state index contributed by atoms with van der Waals surface area (Å²) in [7, 11) is 0. The van der Waals surface area contributed by atoms with Crippen LogP contribution in [0.15, 0.2) is 45.3 Å².